The molecule has 2 N–H and O–H groups in total. The first-order valence-corrected chi connectivity index (χ1v) is 10.5. The third-order valence-corrected chi connectivity index (χ3v) is 5.62. The van der Waals surface area contributed by atoms with Crippen LogP contribution in [0.1, 0.15) is 23.4 Å². The smallest absolute Gasteiger partial charge is 0.313 e. The largest absolute Gasteiger partial charge is 0.497 e. The lowest BCUT2D eigenvalue weighted by Gasteiger charge is -2.31. The van der Waals surface area contributed by atoms with Crippen LogP contribution in [0, 0.1) is 5.92 Å². The molecule has 8 nitrogen and oxygen atoms in total. The summed E-state index contributed by atoms with van der Waals surface area (Å²) < 4.78 is 10.8. The molecule has 166 valence electrons. The minimum absolute atomic E-state index is 0.124. The molecule has 1 aliphatic rings. The lowest BCUT2D eigenvalue weighted by atomic mass is 9.96. The molecule has 0 spiro atoms. The van der Waals surface area contributed by atoms with Crippen LogP contribution in [0.3, 0.4) is 0 Å². The molecule has 32 heavy (non-hydrogen) atoms. The molecule has 1 aromatic heterocycles. The van der Waals surface area contributed by atoms with Gasteiger partial charge in [-0.1, -0.05) is 24.3 Å². The Morgan fingerprint density at radius 2 is 1.81 bits per heavy atom. The molecule has 4 rings (SSSR count). The molecule has 0 unspecified atom stereocenters. The normalized spacial score (nSPS) is 14.2. The highest BCUT2D eigenvalue weighted by atomic mass is 16.5. The fourth-order valence-electron chi connectivity index (χ4n) is 3.79. The number of likely N-dealkylation sites (tertiary alicyclic amines) is 1. The molecule has 3 aromatic rings. The second-order valence-corrected chi connectivity index (χ2v) is 7.78. The average molecular weight is 435 g/mol. The van der Waals surface area contributed by atoms with Crippen molar-refractivity contribution in [2.75, 3.05) is 32.1 Å². The number of piperidine rings is 1. The Bertz CT molecular complexity index is 1100. The van der Waals surface area contributed by atoms with Gasteiger partial charge < -0.3 is 24.7 Å². The third kappa shape index (κ3) is 4.91. The van der Waals surface area contributed by atoms with Crippen LogP contribution >= 0.6 is 0 Å². The summed E-state index contributed by atoms with van der Waals surface area (Å²) in [6.07, 6.45) is 1.48. The molecule has 2 heterocycles. The lowest BCUT2D eigenvalue weighted by molar-refractivity contribution is -0.136. The maximum absolute atomic E-state index is 12.8. The lowest BCUT2D eigenvalue weighted by Crippen LogP contribution is -2.43. The van der Waals surface area contributed by atoms with Crippen molar-refractivity contribution in [3.05, 3.63) is 60.4 Å². The van der Waals surface area contributed by atoms with E-state index in [1.807, 2.05) is 24.3 Å². The van der Waals surface area contributed by atoms with E-state index in [0.29, 0.717) is 42.4 Å². The van der Waals surface area contributed by atoms with E-state index in [4.69, 9.17) is 9.15 Å². The van der Waals surface area contributed by atoms with Gasteiger partial charge in [0.05, 0.1) is 7.11 Å². The second kappa shape index (κ2) is 9.55. The number of para-hydroxylation sites is 1. The van der Waals surface area contributed by atoms with Gasteiger partial charge in [0.2, 0.25) is 0 Å². The molecule has 0 aliphatic carbocycles. The summed E-state index contributed by atoms with van der Waals surface area (Å²) >= 11 is 0. The minimum atomic E-state index is -0.726. The molecule has 1 fully saturated rings. The number of rotatable bonds is 5. The quantitative estimate of drug-likeness (QED) is 0.600. The van der Waals surface area contributed by atoms with Crippen molar-refractivity contribution >= 4 is 34.4 Å². The van der Waals surface area contributed by atoms with Crippen molar-refractivity contribution in [2.45, 2.75) is 12.8 Å². The Labute approximate surface area is 185 Å². The van der Waals surface area contributed by atoms with E-state index in [2.05, 4.69) is 10.6 Å². The maximum Gasteiger partial charge on any atom is 0.313 e. The molecule has 0 bridgehead atoms. The van der Waals surface area contributed by atoms with Gasteiger partial charge >= 0.3 is 11.8 Å². The first-order valence-electron chi connectivity index (χ1n) is 10.5. The highest BCUT2D eigenvalue weighted by molar-refractivity contribution is 6.39. The molecular formula is C24H25N3O5. The zero-order valence-electron chi connectivity index (χ0n) is 17.8. The zero-order valence-corrected chi connectivity index (χ0v) is 17.8. The summed E-state index contributed by atoms with van der Waals surface area (Å²) in [6.45, 7) is 1.54. The summed E-state index contributed by atoms with van der Waals surface area (Å²) in [6, 6.07) is 16.1. The first kappa shape index (κ1) is 21.4. The Morgan fingerprint density at radius 1 is 1.03 bits per heavy atom. The van der Waals surface area contributed by atoms with Crippen molar-refractivity contribution in [2.24, 2.45) is 5.92 Å². The number of anilines is 1. The van der Waals surface area contributed by atoms with Crippen LogP contribution in [0.2, 0.25) is 0 Å². The number of methoxy groups -OCH3 is 1. The van der Waals surface area contributed by atoms with Crippen LogP contribution in [-0.4, -0.2) is 49.4 Å². The Hall–Kier alpha value is -3.81. The number of benzene rings is 2. The van der Waals surface area contributed by atoms with Gasteiger partial charge in [-0.2, -0.15) is 0 Å². The third-order valence-electron chi connectivity index (χ3n) is 5.62. The van der Waals surface area contributed by atoms with E-state index in [0.717, 1.165) is 18.2 Å². The SMILES string of the molecule is COc1cccc(NC(=O)C(=O)NCC2CCN(C(=O)c3cc4ccccc4o3)CC2)c1. The van der Waals surface area contributed by atoms with Crippen LogP contribution < -0.4 is 15.4 Å². The molecule has 0 radical (unpaired) electrons. The van der Waals surface area contributed by atoms with Crippen molar-refractivity contribution in [1.82, 2.24) is 10.2 Å². The molecule has 0 saturated carbocycles. The number of furan rings is 1. The topological polar surface area (TPSA) is 101 Å². The van der Waals surface area contributed by atoms with Gasteiger partial charge in [-0.15, -0.1) is 0 Å². The predicted molar refractivity (Wildman–Crippen MR) is 119 cm³/mol. The number of fused-ring (bicyclic) bond motifs is 1. The van der Waals surface area contributed by atoms with Gasteiger partial charge in [0.1, 0.15) is 11.3 Å². The van der Waals surface area contributed by atoms with Crippen LogP contribution in [0.4, 0.5) is 5.69 Å². The molecule has 2 aromatic carbocycles. The average Bonchev–Trinajstić information content (AvgIpc) is 3.27. The molecule has 8 heteroatoms. The summed E-state index contributed by atoms with van der Waals surface area (Å²) in [5, 5.41) is 6.15. The van der Waals surface area contributed by atoms with E-state index in [1.54, 1.807) is 35.2 Å². The van der Waals surface area contributed by atoms with E-state index >= 15 is 0 Å². The monoisotopic (exact) mass is 435 g/mol. The van der Waals surface area contributed by atoms with Gasteiger partial charge in [0.25, 0.3) is 5.91 Å². The van der Waals surface area contributed by atoms with Crippen LogP contribution in [0.5, 0.6) is 5.75 Å². The number of hydrogen-bond acceptors (Lipinski definition) is 5. The number of amides is 3. The Morgan fingerprint density at radius 3 is 2.56 bits per heavy atom. The first-order chi connectivity index (χ1) is 15.5. The predicted octanol–water partition coefficient (Wildman–Crippen LogP) is 3.05. The van der Waals surface area contributed by atoms with Crippen molar-refractivity contribution in [1.29, 1.82) is 0 Å². The molecule has 1 aliphatic heterocycles. The fraction of sp³-hybridized carbons (Fsp3) is 0.292. The van der Waals surface area contributed by atoms with Gasteiger partial charge in [-0.25, -0.2) is 0 Å². The van der Waals surface area contributed by atoms with Crippen LogP contribution in [-0.2, 0) is 9.59 Å². The van der Waals surface area contributed by atoms with Crippen molar-refractivity contribution in [3.63, 3.8) is 0 Å². The van der Waals surface area contributed by atoms with E-state index in [9.17, 15) is 14.4 Å². The number of carbonyl (C=O) groups excluding carboxylic acids is 3. The summed E-state index contributed by atoms with van der Waals surface area (Å²) in [7, 11) is 1.53. The van der Waals surface area contributed by atoms with Crippen LogP contribution in [0.25, 0.3) is 11.0 Å². The van der Waals surface area contributed by atoms with Crippen molar-refractivity contribution < 1.29 is 23.5 Å². The summed E-state index contributed by atoms with van der Waals surface area (Å²) in [5.74, 6) is -0.409. The standard InChI is InChI=1S/C24H25N3O5/c1-31-19-7-4-6-18(14-19)26-23(29)22(28)25-15-16-9-11-27(12-10-16)24(30)21-13-17-5-2-3-8-20(17)32-21/h2-8,13-14,16H,9-12,15H2,1H3,(H,25,28)(H,26,29). The van der Waals surface area contributed by atoms with Gasteiger partial charge in [0, 0.05) is 36.8 Å². The highest BCUT2D eigenvalue weighted by Crippen LogP contribution is 2.23. The molecule has 0 atom stereocenters. The zero-order chi connectivity index (χ0) is 22.5. The van der Waals surface area contributed by atoms with E-state index in [-0.39, 0.29) is 11.8 Å². The maximum atomic E-state index is 12.8. The molecule has 3 amide bonds. The van der Waals surface area contributed by atoms with Crippen molar-refractivity contribution in [3.8, 4) is 5.75 Å². The van der Waals surface area contributed by atoms with E-state index in [1.165, 1.54) is 7.11 Å². The number of nitrogens with one attached hydrogen (secondary N) is 2. The van der Waals surface area contributed by atoms with E-state index < -0.39 is 11.8 Å². The number of nitrogens with zero attached hydrogens (tertiary/aromatic N) is 1. The summed E-state index contributed by atoms with van der Waals surface area (Å²) in [5.41, 5.74) is 1.18. The minimum Gasteiger partial charge on any atom is -0.497 e. The van der Waals surface area contributed by atoms with Gasteiger partial charge in [0.15, 0.2) is 5.76 Å². The Kier molecular flexibility index (Phi) is 6.39. The molecular weight excluding hydrogens is 410 g/mol. The Balaban J connectivity index is 1.23. The van der Waals surface area contributed by atoms with Gasteiger partial charge in [-0.3, -0.25) is 14.4 Å². The number of ether oxygens (including phenoxy) is 1. The second-order valence-electron chi connectivity index (χ2n) is 7.78. The summed E-state index contributed by atoms with van der Waals surface area (Å²) in [4.78, 5) is 38.8. The fourth-order valence-corrected chi connectivity index (χ4v) is 3.79. The number of carbonyl (C=O) groups is 3. The number of hydrogen-bond donors (Lipinski definition) is 2. The van der Waals surface area contributed by atoms with Crippen LogP contribution in [0.15, 0.2) is 59.0 Å². The highest BCUT2D eigenvalue weighted by Gasteiger charge is 2.26. The van der Waals surface area contributed by atoms with Gasteiger partial charge in [-0.05, 0) is 43.0 Å². The molecule has 1 saturated heterocycles.